The summed E-state index contributed by atoms with van der Waals surface area (Å²) in [6.45, 7) is 3.70. The Hall–Kier alpha value is -3.81. The summed E-state index contributed by atoms with van der Waals surface area (Å²) in [4.78, 5) is 15.3. The summed E-state index contributed by atoms with van der Waals surface area (Å²) in [5.74, 6) is 5.90. The number of nitrogens with one attached hydrogen (secondary N) is 3. The van der Waals surface area contributed by atoms with Crippen LogP contribution < -0.4 is 16.5 Å². The molecule has 2 aromatic carbocycles. The fourth-order valence-electron chi connectivity index (χ4n) is 4.57. The molecule has 8 nitrogen and oxygen atoms in total. The van der Waals surface area contributed by atoms with E-state index in [1.807, 2.05) is 48.3 Å². The van der Waals surface area contributed by atoms with Gasteiger partial charge in [-0.1, -0.05) is 59.2 Å². The molecule has 0 bridgehead atoms. The van der Waals surface area contributed by atoms with Gasteiger partial charge in [0.25, 0.3) is 5.91 Å². The molecule has 0 unspecified atom stereocenters. The van der Waals surface area contributed by atoms with Crippen molar-refractivity contribution in [2.24, 2.45) is 5.73 Å². The van der Waals surface area contributed by atoms with E-state index in [-0.39, 0.29) is 24.1 Å². The number of halogens is 2. The molecule has 1 fully saturated rings. The second-order valence-electron chi connectivity index (χ2n) is 9.72. The molecular weight excluding hydrogens is 577 g/mol. The third-order valence-electron chi connectivity index (χ3n) is 6.63. The predicted octanol–water partition coefficient (Wildman–Crippen LogP) is 5.73. The minimum atomic E-state index is -0.340. The molecule has 0 radical (unpaired) electrons. The Morgan fingerprint density at radius 3 is 2.54 bits per heavy atom. The lowest BCUT2D eigenvalue weighted by Gasteiger charge is -2.26. The number of aromatic nitrogens is 2. The van der Waals surface area contributed by atoms with Crippen molar-refractivity contribution in [3.8, 4) is 28.1 Å². The maximum atomic E-state index is 13.6. The van der Waals surface area contributed by atoms with Gasteiger partial charge >= 0.3 is 0 Å². The van der Waals surface area contributed by atoms with Gasteiger partial charge in [-0.15, -0.1) is 11.3 Å². The van der Waals surface area contributed by atoms with Crippen LogP contribution in [0, 0.1) is 24.2 Å². The van der Waals surface area contributed by atoms with Crippen molar-refractivity contribution in [3.63, 3.8) is 0 Å². The Kier molecular flexibility index (Phi) is 8.96. The zero-order chi connectivity index (χ0) is 28.9. The number of rotatable bonds is 6. The molecule has 0 spiro atoms. The van der Waals surface area contributed by atoms with Crippen LogP contribution in [-0.4, -0.2) is 39.7 Å². The lowest BCUT2D eigenvalue weighted by atomic mass is 10.1. The molecule has 41 heavy (non-hydrogen) atoms. The molecule has 0 atom stereocenters. The number of carbonyl (C=O) groups excluding carboxylic acids is 1. The smallest absolute Gasteiger partial charge is 0.286 e. The van der Waals surface area contributed by atoms with Gasteiger partial charge in [-0.3, -0.25) is 15.6 Å². The molecule has 3 heterocycles. The Bertz CT molecular complexity index is 1640. The summed E-state index contributed by atoms with van der Waals surface area (Å²) in [6.07, 6.45) is 3.17. The van der Waals surface area contributed by atoms with Crippen molar-refractivity contribution in [2.75, 3.05) is 13.1 Å². The van der Waals surface area contributed by atoms with Crippen LogP contribution in [0.25, 0.3) is 16.3 Å². The quantitative estimate of drug-likeness (QED) is 0.127. The number of benzene rings is 2. The van der Waals surface area contributed by atoms with Gasteiger partial charge in [0.2, 0.25) is 0 Å². The standard InChI is InChI=1S/C30H29Cl2N7OS/c1-19-5-7-20(8-6-19)9-11-22-12-14-26(41-22)28-23(18-35-30(33)34)27(29(40)37-38-15-3-2-4-16-38)36-39(28)25-13-10-21(31)17-24(25)32/h5-8,10,12-14,17H,2-4,15-16,18H2,1H3,(H,37,40)(H4,33,34,35). The number of aryl methyl sites for hydroxylation is 1. The number of thiophene rings is 1. The highest BCUT2D eigenvalue weighted by Crippen LogP contribution is 2.36. The van der Waals surface area contributed by atoms with Gasteiger partial charge < -0.3 is 11.1 Å². The number of hydrogen-bond donors (Lipinski definition) is 4. The molecule has 4 aromatic rings. The molecule has 11 heteroatoms. The van der Waals surface area contributed by atoms with E-state index in [1.54, 1.807) is 22.9 Å². The van der Waals surface area contributed by atoms with Crippen LogP contribution in [0.15, 0.2) is 54.6 Å². The summed E-state index contributed by atoms with van der Waals surface area (Å²) < 4.78 is 1.66. The van der Waals surface area contributed by atoms with E-state index in [0.717, 1.165) is 47.7 Å². The summed E-state index contributed by atoms with van der Waals surface area (Å²) in [7, 11) is 0. The van der Waals surface area contributed by atoms with Crippen LogP contribution >= 0.6 is 34.5 Å². The third-order valence-corrected chi connectivity index (χ3v) is 8.17. The average molecular weight is 607 g/mol. The number of guanidine groups is 1. The van der Waals surface area contributed by atoms with E-state index in [2.05, 4.69) is 22.6 Å². The van der Waals surface area contributed by atoms with Crippen molar-refractivity contribution in [1.82, 2.24) is 25.5 Å². The molecule has 0 aliphatic carbocycles. The number of piperidine rings is 1. The predicted molar refractivity (Wildman–Crippen MR) is 166 cm³/mol. The van der Waals surface area contributed by atoms with E-state index >= 15 is 0 Å². The number of nitrogens with zero attached hydrogens (tertiary/aromatic N) is 3. The van der Waals surface area contributed by atoms with Gasteiger partial charge in [0.05, 0.1) is 26.2 Å². The molecule has 1 saturated heterocycles. The summed E-state index contributed by atoms with van der Waals surface area (Å²) in [6, 6.07) is 17.1. The molecule has 2 aromatic heterocycles. The topological polar surface area (TPSA) is 112 Å². The number of hydrogen-bond acceptors (Lipinski definition) is 5. The first-order valence-corrected chi connectivity index (χ1v) is 14.8. The zero-order valence-corrected chi connectivity index (χ0v) is 24.8. The van der Waals surface area contributed by atoms with Crippen LogP contribution in [0.2, 0.25) is 10.0 Å². The minimum Gasteiger partial charge on any atom is -0.370 e. The van der Waals surface area contributed by atoms with E-state index in [1.165, 1.54) is 16.9 Å². The molecule has 210 valence electrons. The van der Waals surface area contributed by atoms with Gasteiger partial charge in [-0.2, -0.15) is 5.10 Å². The van der Waals surface area contributed by atoms with Crippen molar-refractivity contribution in [3.05, 3.63) is 91.9 Å². The molecule has 5 rings (SSSR count). The molecule has 0 saturated carbocycles. The summed E-state index contributed by atoms with van der Waals surface area (Å²) in [5.41, 5.74) is 12.8. The third kappa shape index (κ3) is 6.92. The van der Waals surface area contributed by atoms with Crippen molar-refractivity contribution < 1.29 is 4.79 Å². The van der Waals surface area contributed by atoms with Gasteiger partial charge in [0.1, 0.15) is 0 Å². The van der Waals surface area contributed by atoms with Crippen molar-refractivity contribution in [2.45, 2.75) is 32.7 Å². The average Bonchev–Trinajstić information content (AvgIpc) is 3.57. The second kappa shape index (κ2) is 12.8. The lowest BCUT2D eigenvalue weighted by Crippen LogP contribution is -2.45. The number of nitrogens with two attached hydrogens (primary N) is 1. The monoisotopic (exact) mass is 605 g/mol. The zero-order valence-electron chi connectivity index (χ0n) is 22.4. The highest BCUT2D eigenvalue weighted by Gasteiger charge is 2.28. The van der Waals surface area contributed by atoms with E-state index in [9.17, 15) is 4.79 Å². The second-order valence-corrected chi connectivity index (χ2v) is 11.6. The van der Waals surface area contributed by atoms with Crippen LogP contribution in [0.3, 0.4) is 0 Å². The van der Waals surface area contributed by atoms with Crippen molar-refractivity contribution >= 4 is 46.4 Å². The number of carbonyl (C=O) groups is 1. The van der Waals surface area contributed by atoms with E-state index in [0.29, 0.717) is 27.0 Å². The first-order valence-electron chi connectivity index (χ1n) is 13.2. The largest absolute Gasteiger partial charge is 0.370 e. The molecule has 5 N–H and O–H groups in total. The molecule has 1 aliphatic rings. The highest BCUT2D eigenvalue weighted by atomic mass is 35.5. The van der Waals surface area contributed by atoms with Crippen molar-refractivity contribution in [1.29, 1.82) is 5.41 Å². The lowest BCUT2D eigenvalue weighted by molar-refractivity contribution is 0.0743. The first-order chi connectivity index (χ1) is 19.8. The van der Waals surface area contributed by atoms with Crippen LogP contribution in [0.5, 0.6) is 0 Å². The normalized spacial score (nSPS) is 13.3. The van der Waals surface area contributed by atoms with Crippen LogP contribution in [0.4, 0.5) is 0 Å². The number of hydrazine groups is 1. The maximum absolute atomic E-state index is 13.6. The first kappa shape index (κ1) is 28.7. The number of amides is 1. The maximum Gasteiger partial charge on any atom is 0.286 e. The summed E-state index contributed by atoms with van der Waals surface area (Å²) in [5, 5.41) is 18.2. The Morgan fingerprint density at radius 1 is 1.07 bits per heavy atom. The van der Waals surface area contributed by atoms with Gasteiger partial charge in [-0.05, 0) is 62.2 Å². The molecule has 1 amide bonds. The Balaban J connectivity index is 1.61. The Labute approximate surface area is 252 Å². The molecular formula is C30H29Cl2N7OS. The van der Waals surface area contributed by atoms with Gasteiger partial charge in [0.15, 0.2) is 11.7 Å². The fraction of sp³-hybridized carbons (Fsp3) is 0.233. The fourth-order valence-corrected chi connectivity index (χ4v) is 5.98. The SMILES string of the molecule is Cc1ccc(C#Cc2ccc(-c3c(CNC(=N)N)c(C(=O)NN4CCCCC4)nn3-c3ccc(Cl)cc3Cl)s2)cc1. The van der Waals surface area contributed by atoms with E-state index in [4.69, 9.17) is 39.4 Å². The van der Waals surface area contributed by atoms with Crippen LogP contribution in [0.1, 0.15) is 51.3 Å². The summed E-state index contributed by atoms with van der Waals surface area (Å²) >= 11 is 14.3. The van der Waals surface area contributed by atoms with Crippen LogP contribution in [-0.2, 0) is 6.54 Å². The van der Waals surface area contributed by atoms with Gasteiger partial charge in [0, 0.05) is 35.8 Å². The van der Waals surface area contributed by atoms with E-state index < -0.39 is 0 Å². The molecule has 1 aliphatic heterocycles. The van der Waals surface area contributed by atoms with Gasteiger partial charge in [-0.25, -0.2) is 9.69 Å². The highest BCUT2D eigenvalue weighted by molar-refractivity contribution is 7.16. The minimum absolute atomic E-state index is 0.112. The Morgan fingerprint density at radius 2 is 1.83 bits per heavy atom.